The molecule has 2 aromatic carbocycles. The Hall–Kier alpha value is -3.54. The third kappa shape index (κ3) is 7.87. The molecule has 1 aromatic heterocycles. The summed E-state index contributed by atoms with van der Waals surface area (Å²) in [6, 6.07) is 13.1. The van der Waals surface area contributed by atoms with Gasteiger partial charge in [-0.15, -0.1) is 0 Å². The van der Waals surface area contributed by atoms with Crippen LogP contribution in [0, 0.1) is 11.3 Å². The van der Waals surface area contributed by atoms with E-state index in [4.69, 9.17) is 24.6 Å². The van der Waals surface area contributed by atoms with Gasteiger partial charge in [0, 0.05) is 19.1 Å². The number of nitrogens with one attached hydrogen (secondary N) is 1. The first-order valence-electron chi connectivity index (χ1n) is 13.8. The molecule has 2 unspecified atom stereocenters. The van der Waals surface area contributed by atoms with Gasteiger partial charge < -0.3 is 19.9 Å². The molecule has 3 aromatic rings. The average Bonchev–Trinajstić information content (AvgIpc) is 3.53. The number of alkyl halides is 3. The average molecular weight is 704 g/mol. The molecule has 4 heterocycles. The number of halogens is 3. The van der Waals surface area contributed by atoms with Crippen molar-refractivity contribution in [3.8, 4) is 11.8 Å². The zero-order chi connectivity index (χ0) is 33.3. The van der Waals surface area contributed by atoms with E-state index in [-0.39, 0.29) is 47.7 Å². The zero-order valence-corrected chi connectivity index (χ0v) is 26.3. The van der Waals surface area contributed by atoms with Gasteiger partial charge in [-0.3, -0.25) is 4.90 Å². The van der Waals surface area contributed by atoms with Gasteiger partial charge in [-0.25, -0.2) is 26.6 Å². The second kappa shape index (κ2) is 13.3. The minimum absolute atomic E-state index is 0.0330. The summed E-state index contributed by atoms with van der Waals surface area (Å²) in [4.78, 5) is 15.8. The molecule has 19 heteroatoms. The number of anilines is 1. The largest absolute Gasteiger partial charge is 0.490 e. The van der Waals surface area contributed by atoms with Crippen molar-refractivity contribution in [2.24, 2.45) is 0 Å². The highest BCUT2D eigenvalue weighted by Crippen LogP contribution is 2.33. The number of fused-ring (bicyclic) bond motifs is 1. The number of benzene rings is 2. The standard InChI is InChI=1S/C25H27N5O6S3.C2HF3O2/c26-12-17-1-3-18(4-2-17)36-19-13-30(14-19)39(33,34)20-5-6-21-24(11-20)37-25(27-21)28-22-15-38(31,32)16-23(22)29-7-9-35-10-8-29;3-2(4,5)1(6)7/h1-6,11,19,22-23H,7-10,13-16H2,(H,27,28);(H,6,7). The van der Waals surface area contributed by atoms with Crippen LogP contribution >= 0.6 is 11.3 Å². The predicted molar refractivity (Wildman–Crippen MR) is 160 cm³/mol. The number of hydrogen-bond acceptors (Lipinski definition) is 12. The van der Waals surface area contributed by atoms with Crippen molar-refractivity contribution in [3.63, 3.8) is 0 Å². The van der Waals surface area contributed by atoms with E-state index in [9.17, 15) is 30.0 Å². The van der Waals surface area contributed by atoms with E-state index in [1.165, 1.54) is 15.6 Å². The summed E-state index contributed by atoms with van der Waals surface area (Å²) < 4.78 is 96.4. The SMILES string of the molecule is N#Cc1ccc(OC2CN(S(=O)(=O)c3ccc4nc(NC5CS(=O)(=O)CC5N5CCOCC5)sc4c3)C2)cc1.O=C(O)C(F)(F)F. The number of morpholine rings is 1. The minimum atomic E-state index is -5.08. The number of aliphatic carboxylic acids is 1. The molecule has 0 saturated carbocycles. The Morgan fingerprint density at radius 2 is 1.78 bits per heavy atom. The topological polar surface area (TPSA) is 179 Å². The Bertz CT molecular complexity index is 1830. The Balaban J connectivity index is 0.000000537. The van der Waals surface area contributed by atoms with Gasteiger partial charge in [0.15, 0.2) is 15.0 Å². The lowest BCUT2D eigenvalue weighted by Crippen LogP contribution is -2.55. The van der Waals surface area contributed by atoms with Gasteiger partial charge >= 0.3 is 12.1 Å². The zero-order valence-electron chi connectivity index (χ0n) is 23.9. The van der Waals surface area contributed by atoms with Gasteiger partial charge in [0.25, 0.3) is 0 Å². The molecule has 46 heavy (non-hydrogen) atoms. The number of ether oxygens (including phenoxy) is 2. The molecule has 3 aliphatic heterocycles. The number of sulfone groups is 1. The molecule has 248 valence electrons. The van der Waals surface area contributed by atoms with Crippen LogP contribution in [0.25, 0.3) is 10.2 Å². The van der Waals surface area contributed by atoms with Gasteiger partial charge in [-0.1, -0.05) is 11.3 Å². The number of carboxylic acids is 1. The van der Waals surface area contributed by atoms with E-state index in [0.29, 0.717) is 53.0 Å². The number of aromatic nitrogens is 1. The van der Waals surface area contributed by atoms with E-state index >= 15 is 0 Å². The summed E-state index contributed by atoms with van der Waals surface area (Å²) in [6.45, 7) is 3.01. The summed E-state index contributed by atoms with van der Waals surface area (Å²) in [5.74, 6) is -2.03. The lowest BCUT2D eigenvalue weighted by Gasteiger charge is -2.37. The number of hydrogen-bond donors (Lipinski definition) is 2. The predicted octanol–water partition coefficient (Wildman–Crippen LogP) is 2.16. The number of nitrogens with zero attached hydrogens (tertiary/aromatic N) is 4. The highest BCUT2D eigenvalue weighted by Gasteiger charge is 2.42. The van der Waals surface area contributed by atoms with Crippen LogP contribution in [0.15, 0.2) is 47.4 Å². The normalized spacial score (nSPS) is 22.3. The molecule has 0 aliphatic carbocycles. The summed E-state index contributed by atoms with van der Waals surface area (Å²) in [5, 5.41) is 19.9. The maximum atomic E-state index is 13.2. The Morgan fingerprint density at radius 3 is 2.39 bits per heavy atom. The lowest BCUT2D eigenvalue weighted by atomic mass is 10.1. The van der Waals surface area contributed by atoms with E-state index < -0.39 is 32.0 Å². The van der Waals surface area contributed by atoms with E-state index in [0.717, 1.165) is 0 Å². The molecule has 13 nitrogen and oxygen atoms in total. The van der Waals surface area contributed by atoms with Crippen LogP contribution in [-0.4, -0.2) is 117 Å². The van der Waals surface area contributed by atoms with Crippen molar-refractivity contribution in [1.29, 1.82) is 5.26 Å². The molecule has 2 atom stereocenters. The molecular formula is C27H28F3N5O8S3. The van der Waals surface area contributed by atoms with Crippen molar-refractivity contribution in [1.82, 2.24) is 14.2 Å². The molecule has 2 N–H and O–H groups in total. The summed E-state index contributed by atoms with van der Waals surface area (Å²) >= 11 is 1.32. The fourth-order valence-corrected chi connectivity index (χ4v) is 9.67. The third-order valence-corrected chi connectivity index (χ3v) is 12.0. The van der Waals surface area contributed by atoms with Crippen LogP contribution in [0.1, 0.15) is 5.56 Å². The molecule has 0 spiro atoms. The fourth-order valence-electron chi connectivity index (χ4n) is 5.14. The number of thiazole rings is 1. The number of nitriles is 1. The van der Waals surface area contributed by atoms with Crippen molar-refractivity contribution < 1.29 is 49.4 Å². The van der Waals surface area contributed by atoms with Crippen molar-refractivity contribution in [2.45, 2.75) is 29.3 Å². The van der Waals surface area contributed by atoms with Crippen LogP contribution in [0.4, 0.5) is 18.3 Å². The van der Waals surface area contributed by atoms with Gasteiger partial charge in [0.1, 0.15) is 11.9 Å². The molecule has 0 amide bonds. The number of carbonyl (C=O) groups is 1. The molecule has 6 rings (SSSR count). The maximum absolute atomic E-state index is 13.2. The van der Waals surface area contributed by atoms with E-state index in [1.54, 1.807) is 42.5 Å². The van der Waals surface area contributed by atoms with Crippen LogP contribution < -0.4 is 10.1 Å². The first-order chi connectivity index (χ1) is 21.6. The quantitative estimate of drug-likeness (QED) is 0.367. The van der Waals surface area contributed by atoms with Crippen LogP contribution in [-0.2, 0) is 29.4 Å². The van der Waals surface area contributed by atoms with Crippen LogP contribution in [0.5, 0.6) is 5.75 Å². The Kier molecular flexibility index (Phi) is 9.77. The molecule has 3 aliphatic rings. The van der Waals surface area contributed by atoms with Gasteiger partial charge in [0.05, 0.1) is 70.6 Å². The molecule has 3 fully saturated rings. The molecule has 0 radical (unpaired) electrons. The summed E-state index contributed by atoms with van der Waals surface area (Å²) in [5.41, 5.74) is 1.18. The fraction of sp³-hybridized carbons (Fsp3) is 0.444. The third-order valence-electron chi connectivity index (χ3n) is 7.49. The highest BCUT2D eigenvalue weighted by molar-refractivity contribution is 7.91. The van der Waals surface area contributed by atoms with Gasteiger partial charge in [0.2, 0.25) is 10.0 Å². The molecular weight excluding hydrogens is 676 g/mol. The minimum Gasteiger partial charge on any atom is -0.488 e. The summed E-state index contributed by atoms with van der Waals surface area (Å²) in [7, 11) is -6.89. The maximum Gasteiger partial charge on any atom is 0.490 e. The number of sulfonamides is 1. The van der Waals surface area contributed by atoms with Crippen molar-refractivity contribution in [2.75, 3.05) is 56.2 Å². The van der Waals surface area contributed by atoms with Crippen molar-refractivity contribution >= 4 is 52.5 Å². The van der Waals surface area contributed by atoms with Gasteiger partial charge in [-0.05, 0) is 42.5 Å². The summed E-state index contributed by atoms with van der Waals surface area (Å²) in [6.07, 6.45) is -5.35. The van der Waals surface area contributed by atoms with E-state index in [1.807, 2.05) is 0 Å². The first kappa shape index (κ1) is 33.8. The van der Waals surface area contributed by atoms with Crippen molar-refractivity contribution in [3.05, 3.63) is 48.0 Å². The highest BCUT2D eigenvalue weighted by atomic mass is 32.2. The van der Waals surface area contributed by atoms with Crippen LogP contribution in [0.3, 0.4) is 0 Å². The lowest BCUT2D eigenvalue weighted by molar-refractivity contribution is -0.192. The smallest absolute Gasteiger partial charge is 0.488 e. The van der Waals surface area contributed by atoms with Gasteiger partial charge in [-0.2, -0.15) is 22.7 Å². The second-order valence-corrected chi connectivity index (χ2v) is 15.8. The Labute approximate surface area is 266 Å². The second-order valence-electron chi connectivity index (χ2n) is 10.7. The number of carboxylic acid groups (broad SMARTS) is 1. The van der Waals surface area contributed by atoms with Crippen LogP contribution in [0.2, 0.25) is 0 Å². The number of rotatable bonds is 7. The molecule has 0 bridgehead atoms. The monoisotopic (exact) mass is 703 g/mol. The molecule has 3 saturated heterocycles. The van der Waals surface area contributed by atoms with E-state index in [2.05, 4.69) is 21.3 Å². The first-order valence-corrected chi connectivity index (χ1v) is 17.9. The Morgan fingerprint density at radius 1 is 1.13 bits per heavy atom.